The van der Waals surface area contributed by atoms with Crippen LogP contribution in [-0.4, -0.2) is 11.1 Å². The maximum Gasteiger partial charge on any atom is 0.230 e. The van der Waals surface area contributed by atoms with E-state index < -0.39 is 0 Å². The van der Waals surface area contributed by atoms with Crippen LogP contribution in [0.1, 0.15) is 0 Å². The van der Waals surface area contributed by atoms with Gasteiger partial charge in [0.25, 0.3) is 0 Å². The van der Waals surface area contributed by atoms with Gasteiger partial charge in [-0.05, 0) is 5.16 Å². The van der Waals surface area contributed by atoms with Gasteiger partial charge in [0.05, 0.1) is 0 Å². The molecule has 0 aliphatic rings. The van der Waals surface area contributed by atoms with E-state index in [0.717, 1.165) is 0 Å². The average molecular weight is 177 g/mol. The van der Waals surface area contributed by atoms with Crippen LogP contribution < -0.4 is 16.4 Å². The van der Waals surface area contributed by atoms with Gasteiger partial charge >= 0.3 is 0 Å². The molecule has 0 aromatic heterocycles. The number of guanidine groups is 1. The van der Waals surface area contributed by atoms with Gasteiger partial charge in [-0.25, -0.2) is 5.53 Å². The van der Waals surface area contributed by atoms with Crippen LogP contribution in [-0.2, 0) is 4.94 Å². The molecule has 0 fully saturated rings. The summed E-state index contributed by atoms with van der Waals surface area (Å²) >= 11 is 0.657. The Labute approximate surface area is 66.4 Å². The van der Waals surface area contributed by atoms with Crippen LogP contribution in [0.4, 0.5) is 0 Å². The molecule has 0 aliphatic heterocycles. The SMILES string of the molecule is N=NC(=N)SNON=C(N)N. The first-order chi connectivity index (χ1) is 5.16. The van der Waals surface area contributed by atoms with E-state index in [1.54, 1.807) is 0 Å². The Morgan fingerprint density at radius 3 is 2.64 bits per heavy atom. The summed E-state index contributed by atoms with van der Waals surface area (Å²) in [4.78, 5) is 6.33. The molecular weight excluding hydrogens is 170 g/mol. The molecule has 11 heavy (non-hydrogen) atoms. The molecule has 0 atom stereocenters. The molecule has 7 N–H and O–H groups in total. The second-order valence-corrected chi connectivity index (χ2v) is 1.97. The zero-order chi connectivity index (χ0) is 8.69. The van der Waals surface area contributed by atoms with Crippen LogP contribution in [0.5, 0.6) is 0 Å². The van der Waals surface area contributed by atoms with Crippen molar-refractivity contribution < 1.29 is 4.94 Å². The molecule has 0 rings (SSSR count). The fourth-order valence-corrected chi connectivity index (χ4v) is 0.351. The first kappa shape index (κ1) is 9.65. The molecule has 0 amide bonds. The molecule has 62 valence electrons. The topological polar surface area (TPSA) is 146 Å². The van der Waals surface area contributed by atoms with Crippen molar-refractivity contribution in [2.45, 2.75) is 0 Å². The van der Waals surface area contributed by atoms with Gasteiger partial charge in [-0.15, -0.1) is 5.11 Å². The number of rotatable bonds is 3. The predicted molar refractivity (Wildman–Crippen MR) is 40.5 cm³/mol. The van der Waals surface area contributed by atoms with Gasteiger partial charge in [0.2, 0.25) is 11.1 Å². The first-order valence-electron chi connectivity index (χ1n) is 2.29. The lowest BCUT2D eigenvalue weighted by Gasteiger charge is -1.96. The Hall–Kier alpha value is -1.35. The van der Waals surface area contributed by atoms with Crippen LogP contribution >= 0.6 is 11.9 Å². The summed E-state index contributed by atoms with van der Waals surface area (Å²) in [5.41, 5.74) is 16.1. The molecule has 0 aromatic rings. The van der Waals surface area contributed by atoms with Gasteiger partial charge in [0, 0.05) is 11.9 Å². The molecule has 0 saturated heterocycles. The van der Waals surface area contributed by atoms with E-state index in [4.69, 9.17) is 22.4 Å². The number of nitrogens with zero attached hydrogens (tertiary/aromatic N) is 2. The van der Waals surface area contributed by atoms with Gasteiger partial charge in [-0.3, -0.25) is 10.3 Å². The molecule has 0 saturated carbocycles. The minimum Gasteiger partial charge on any atom is -0.367 e. The van der Waals surface area contributed by atoms with Crippen LogP contribution in [0, 0.1) is 10.9 Å². The standard InChI is InChI=1S/C2H7N7OS/c3-1(4)8-10-9-11-2(5)7-6/h5-6,9H,(H4,3,4,8). The fourth-order valence-electron chi connectivity index (χ4n) is 0.152. The average Bonchev–Trinajstić information content (AvgIpc) is 1.97. The van der Waals surface area contributed by atoms with E-state index in [2.05, 4.69) is 20.1 Å². The van der Waals surface area contributed by atoms with Gasteiger partial charge in [-0.1, -0.05) is 4.89 Å². The summed E-state index contributed by atoms with van der Waals surface area (Å²) in [6.45, 7) is 0. The molecule has 0 spiro atoms. The number of nitrogens with one attached hydrogen (secondary N) is 3. The highest BCUT2D eigenvalue weighted by Gasteiger charge is 1.92. The van der Waals surface area contributed by atoms with E-state index in [-0.39, 0.29) is 11.1 Å². The molecule has 0 heterocycles. The van der Waals surface area contributed by atoms with Crippen molar-refractivity contribution in [2.75, 3.05) is 0 Å². The van der Waals surface area contributed by atoms with Crippen molar-refractivity contribution in [3.8, 4) is 0 Å². The third-order valence-electron chi connectivity index (χ3n) is 0.428. The van der Waals surface area contributed by atoms with Gasteiger partial charge in [0.15, 0.2) is 0 Å². The minimum atomic E-state index is -0.268. The number of oxime groups is 1. The minimum absolute atomic E-state index is 0.243. The summed E-state index contributed by atoms with van der Waals surface area (Å²) in [7, 11) is 0. The van der Waals surface area contributed by atoms with E-state index in [1.165, 1.54) is 0 Å². The molecule has 0 aliphatic carbocycles. The highest BCUT2D eigenvalue weighted by Crippen LogP contribution is 1.95. The lowest BCUT2D eigenvalue weighted by molar-refractivity contribution is 0.110. The lowest BCUT2D eigenvalue weighted by Crippen LogP contribution is -2.23. The Kier molecular flexibility index (Phi) is 4.77. The maximum absolute atomic E-state index is 6.78. The van der Waals surface area contributed by atoms with E-state index in [9.17, 15) is 0 Å². The zero-order valence-corrected chi connectivity index (χ0v) is 6.18. The number of hydrogen-bond donors (Lipinski definition) is 5. The summed E-state index contributed by atoms with van der Waals surface area (Å²) < 4.78 is 0. The monoisotopic (exact) mass is 177 g/mol. The van der Waals surface area contributed by atoms with Gasteiger partial charge < -0.3 is 11.5 Å². The van der Waals surface area contributed by atoms with Crippen LogP contribution in [0.25, 0.3) is 0 Å². The van der Waals surface area contributed by atoms with E-state index in [1.807, 2.05) is 0 Å². The second kappa shape index (κ2) is 5.44. The fraction of sp³-hybridized carbons (Fsp3) is 0. The van der Waals surface area contributed by atoms with Gasteiger partial charge in [0.1, 0.15) is 0 Å². The summed E-state index contributed by atoms with van der Waals surface area (Å²) in [5.74, 6) is -0.243. The Bertz CT molecular complexity index is 173. The highest BCUT2D eigenvalue weighted by atomic mass is 32.2. The normalized spacial score (nSPS) is 8.36. The summed E-state index contributed by atoms with van der Waals surface area (Å²) in [5, 5.41) is 12.3. The van der Waals surface area contributed by atoms with E-state index >= 15 is 0 Å². The van der Waals surface area contributed by atoms with Crippen molar-refractivity contribution in [3.63, 3.8) is 0 Å². The molecule has 0 bridgehead atoms. The molecule has 0 radical (unpaired) electrons. The quantitative estimate of drug-likeness (QED) is 0.0966. The summed E-state index contributed by atoms with van der Waals surface area (Å²) in [6, 6.07) is 0. The smallest absolute Gasteiger partial charge is 0.230 e. The molecule has 8 nitrogen and oxygen atoms in total. The Morgan fingerprint density at radius 1 is 1.55 bits per heavy atom. The highest BCUT2D eigenvalue weighted by molar-refractivity contribution is 8.11. The number of nitrogens with two attached hydrogens (primary N) is 2. The molecule has 0 unspecified atom stereocenters. The van der Waals surface area contributed by atoms with Crippen molar-refractivity contribution in [1.29, 1.82) is 10.9 Å². The predicted octanol–water partition coefficient (Wildman–Crippen LogP) is -0.690. The number of amidine groups is 1. The van der Waals surface area contributed by atoms with Crippen molar-refractivity contribution in [2.24, 2.45) is 21.7 Å². The summed E-state index contributed by atoms with van der Waals surface area (Å²) in [6.07, 6.45) is 0. The first-order valence-corrected chi connectivity index (χ1v) is 3.11. The van der Waals surface area contributed by atoms with Crippen LogP contribution in [0.15, 0.2) is 10.3 Å². The van der Waals surface area contributed by atoms with Gasteiger partial charge in [-0.2, -0.15) is 0 Å². The van der Waals surface area contributed by atoms with Crippen molar-refractivity contribution >= 4 is 23.1 Å². The maximum atomic E-state index is 6.78. The third-order valence-corrected chi connectivity index (χ3v) is 0.871. The Morgan fingerprint density at radius 2 is 2.18 bits per heavy atom. The van der Waals surface area contributed by atoms with E-state index in [0.29, 0.717) is 11.9 Å². The van der Waals surface area contributed by atoms with Crippen LogP contribution in [0.3, 0.4) is 0 Å². The largest absolute Gasteiger partial charge is 0.367 e. The van der Waals surface area contributed by atoms with Crippen molar-refractivity contribution in [1.82, 2.24) is 4.89 Å². The third kappa shape index (κ3) is 6.54. The lowest BCUT2D eigenvalue weighted by atomic mass is 11.1. The molecule has 9 heteroatoms. The molecular formula is C2H7N7OS. The second-order valence-electron chi connectivity index (χ2n) is 1.21. The Balaban J connectivity index is 3.35. The number of hydrogen-bond acceptors (Lipinski definition) is 6. The zero-order valence-electron chi connectivity index (χ0n) is 5.37. The molecule has 0 aromatic carbocycles. The van der Waals surface area contributed by atoms with Crippen molar-refractivity contribution in [3.05, 3.63) is 0 Å². The van der Waals surface area contributed by atoms with Crippen LogP contribution in [0.2, 0.25) is 0 Å².